The topological polar surface area (TPSA) is 84.7 Å². The zero-order valence-electron chi connectivity index (χ0n) is 14.5. The third-order valence-corrected chi connectivity index (χ3v) is 4.23. The van der Waals surface area contributed by atoms with Crippen molar-refractivity contribution >= 4 is 11.9 Å². The van der Waals surface area contributed by atoms with Gasteiger partial charge in [-0.25, -0.2) is 9.48 Å². The molecule has 3 rings (SSSR count). The number of morpholine rings is 1. The van der Waals surface area contributed by atoms with Crippen LogP contribution in [0.4, 0.5) is 0 Å². The van der Waals surface area contributed by atoms with Crippen molar-refractivity contribution in [2.45, 2.75) is 26.8 Å². The van der Waals surface area contributed by atoms with E-state index in [0.717, 1.165) is 22.5 Å². The van der Waals surface area contributed by atoms with Gasteiger partial charge in [0.2, 0.25) is 0 Å². The SMILES string of the molecule is Cc1cc(C)cc(-n2nc(C(=O)N3CCOCC3C(=O)O)cc2C)c1. The molecule has 0 radical (unpaired) electrons. The predicted molar refractivity (Wildman–Crippen MR) is 91.1 cm³/mol. The molecule has 0 saturated carbocycles. The maximum atomic E-state index is 12.8. The van der Waals surface area contributed by atoms with Gasteiger partial charge in [0.05, 0.1) is 18.9 Å². The normalized spacial score (nSPS) is 17.6. The van der Waals surface area contributed by atoms with Crippen molar-refractivity contribution in [3.8, 4) is 5.69 Å². The highest BCUT2D eigenvalue weighted by Gasteiger charge is 2.34. The Morgan fingerprint density at radius 2 is 1.84 bits per heavy atom. The van der Waals surface area contributed by atoms with Crippen LogP contribution in [0.1, 0.15) is 27.3 Å². The Morgan fingerprint density at radius 3 is 2.48 bits per heavy atom. The van der Waals surface area contributed by atoms with E-state index in [0.29, 0.717) is 6.61 Å². The van der Waals surface area contributed by atoms with Crippen LogP contribution in [0.3, 0.4) is 0 Å². The first-order valence-corrected chi connectivity index (χ1v) is 8.13. The molecule has 1 aromatic heterocycles. The summed E-state index contributed by atoms with van der Waals surface area (Å²) in [5, 5.41) is 13.7. The Hall–Kier alpha value is -2.67. The van der Waals surface area contributed by atoms with Crippen LogP contribution in [0.25, 0.3) is 5.69 Å². The van der Waals surface area contributed by atoms with Gasteiger partial charge in [0, 0.05) is 12.2 Å². The molecule has 7 nitrogen and oxygen atoms in total. The van der Waals surface area contributed by atoms with E-state index in [-0.39, 0.29) is 24.8 Å². The lowest BCUT2D eigenvalue weighted by Gasteiger charge is -2.32. The summed E-state index contributed by atoms with van der Waals surface area (Å²) in [6.07, 6.45) is 0. The number of amides is 1. The molecule has 25 heavy (non-hydrogen) atoms. The molecule has 1 aromatic carbocycles. The van der Waals surface area contributed by atoms with Gasteiger partial charge in [-0.05, 0) is 50.1 Å². The third kappa shape index (κ3) is 3.41. The number of carboxylic acids is 1. The van der Waals surface area contributed by atoms with Gasteiger partial charge in [-0.3, -0.25) is 4.79 Å². The number of aromatic nitrogens is 2. The molecule has 1 amide bonds. The number of ether oxygens (including phenoxy) is 1. The van der Waals surface area contributed by atoms with Crippen molar-refractivity contribution in [2.75, 3.05) is 19.8 Å². The van der Waals surface area contributed by atoms with E-state index in [1.165, 1.54) is 4.90 Å². The van der Waals surface area contributed by atoms with Gasteiger partial charge in [-0.2, -0.15) is 5.10 Å². The number of rotatable bonds is 3. The van der Waals surface area contributed by atoms with E-state index in [4.69, 9.17) is 4.74 Å². The number of hydrogen-bond donors (Lipinski definition) is 1. The van der Waals surface area contributed by atoms with Crippen molar-refractivity contribution in [1.29, 1.82) is 0 Å². The fraction of sp³-hybridized carbons (Fsp3) is 0.389. The number of aliphatic carboxylic acids is 1. The second-order valence-corrected chi connectivity index (χ2v) is 6.36. The second kappa shape index (κ2) is 6.68. The number of nitrogens with zero attached hydrogens (tertiary/aromatic N) is 3. The molecule has 0 spiro atoms. The van der Waals surface area contributed by atoms with E-state index in [1.807, 2.05) is 32.9 Å². The molecular weight excluding hydrogens is 322 g/mol. The monoisotopic (exact) mass is 343 g/mol. The zero-order chi connectivity index (χ0) is 18.1. The first-order valence-electron chi connectivity index (χ1n) is 8.13. The molecular formula is C18H21N3O4. The fourth-order valence-electron chi connectivity index (χ4n) is 3.11. The Balaban J connectivity index is 1.93. The standard InChI is InChI=1S/C18H21N3O4/c1-11-6-12(2)8-14(7-11)21-13(3)9-15(19-21)17(22)20-4-5-25-10-16(20)18(23)24/h6-9,16H,4-5,10H2,1-3H3,(H,23,24). The van der Waals surface area contributed by atoms with Crippen molar-refractivity contribution in [3.05, 3.63) is 46.8 Å². The number of carboxylic acid groups (broad SMARTS) is 1. The van der Waals surface area contributed by atoms with Crippen molar-refractivity contribution < 1.29 is 19.4 Å². The summed E-state index contributed by atoms with van der Waals surface area (Å²) in [5.74, 6) is -1.46. The largest absolute Gasteiger partial charge is 0.480 e. The van der Waals surface area contributed by atoms with Crippen molar-refractivity contribution in [1.82, 2.24) is 14.7 Å². The van der Waals surface area contributed by atoms with Crippen LogP contribution in [0.5, 0.6) is 0 Å². The Bertz CT molecular complexity index is 807. The van der Waals surface area contributed by atoms with Gasteiger partial charge < -0.3 is 14.7 Å². The van der Waals surface area contributed by atoms with Crippen LogP contribution in [-0.4, -0.2) is 57.5 Å². The highest BCUT2D eigenvalue weighted by Crippen LogP contribution is 2.18. The smallest absolute Gasteiger partial charge is 0.328 e. The number of aryl methyl sites for hydroxylation is 3. The predicted octanol–water partition coefficient (Wildman–Crippen LogP) is 1.72. The minimum atomic E-state index is -1.07. The Labute approximate surface area is 145 Å². The van der Waals surface area contributed by atoms with Gasteiger partial charge in [-0.15, -0.1) is 0 Å². The van der Waals surface area contributed by atoms with Crippen LogP contribution < -0.4 is 0 Å². The molecule has 1 unspecified atom stereocenters. The average Bonchev–Trinajstić information content (AvgIpc) is 2.95. The molecule has 2 heterocycles. The Morgan fingerprint density at radius 1 is 1.16 bits per heavy atom. The fourth-order valence-corrected chi connectivity index (χ4v) is 3.11. The average molecular weight is 343 g/mol. The van der Waals surface area contributed by atoms with E-state index < -0.39 is 12.0 Å². The van der Waals surface area contributed by atoms with Crippen molar-refractivity contribution in [3.63, 3.8) is 0 Å². The minimum Gasteiger partial charge on any atom is -0.480 e. The second-order valence-electron chi connectivity index (χ2n) is 6.36. The first kappa shape index (κ1) is 17.2. The summed E-state index contributed by atoms with van der Waals surface area (Å²) in [6, 6.07) is 6.77. The van der Waals surface area contributed by atoms with E-state index in [9.17, 15) is 14.7 Å². The summed E-state index contributed by atoms with van der Waals surface area (Å²) in [6.45, 7) is 6.45. The quantitative estimate of drug-likeness (QED) is 0.917. The maximum Gasteiger partial charge on any atom is 0.328 e. The minimum absolute atomic E-state index is 0.00214. The van der Waals surface area contributed by atoms with E-state index in [1.54, 1.807) is 10.7 Å². The summed E-state index contributed by atoms with van der Waals surface area (Å²) < 4.78 is 6.90. The van der Waals surface area contributed by atoms with Crippen LogP contribution in [0.15, 0.2) is 24.3 Å². The number of hydrogen-bond acceptors (Lipinski definition) is 4. The summed E-state index contributed by atoms with van der Waals surface area (Å²) in [4.78, 5) is 25.5. The highest BCUT2D eigenvalue weighted by molar-refractivity contribution is 5.95. The summed E-state index contributed by atoms with van der Waals surface area (Å²) in [7, 11) is 0. The number of carbonyl (C=O) groups is 2. The maximum absolute atomic E-state index is 12.8. The molecule has 1 aliphatic heterocycles. The lowest BCUT2D eigenvalue weighted by molar-refractivity contribution is -0.147. The molecule has 0 bridgehead atoms. The van der Waals surface area contributed by atoms with Gasteiger partial charge in [0.1, 0.15) is 0 Å². The van der Waals surface area contributed by atoms with Crippen LogP contribution in [0, 0.1) is 20.8 Å². The molecule has 1 atom stereocenters. The molecule has 7 heteroatoms. The summed E-state index contributed by atoms with van der Waals surface area (Å²) in [5.41, 5.74) is 4.15. The summed E-state index contributed by atoms with van der Waals surface area (Å²) >= 11 is 0. The molecule has 1 fully saturated rings. The first-order chi connectivity index (χ1) is 11.9. The molecule has 0 aliphatic carbocycles. The Kier molecular flexibility index (Phi) is 4.59. The lowest BCUT2D eigenvalue weighted by atomic mass is 10.1. The van der Waals surface area contributed by atoms with Crippen molar-refractivity contribution in [2.24, 2.45) is 0 Å². The molecule has 1 aliphatic rings. The van der Waals surface area contributed by atoms with Crippen LogP contribution >= 0.6 is 0 Å². The van der Waals surface area contributed by atoms with E-state index >= 15 is 0 Å². The van der Waals surface area contributed by atoms with Gasteiger partial charge in [0.15, 0.2) is 11.7 Å². The van der Waals surface area contributed by atoms with Gasteiger partial charge in [0.25, 0.3) is 5.91 Å². The third-order valence-electron chi connectivity index (χ3n) is 4.23. The zero-order valence-corrected chi connectivity index (χ0v) is 14.5. The molecule has 2 aromatic rings. The number of carbonyl (C=O) groups excluding carboxylic acids is 1. The molecule has 132 valence electrons. The van der Waals surface area contributed by atoms with Crippen LogP contribution in [-0.2, 0) is 9.53 Å². The molecule has 1 N–H and O–H groups in total. The van der Waals surface area contributed by atoms with Gasteiger partial charge in [-0.1, -0.05) is 6.07 Å². The lowest BCUT2D eigenvalue weighted by Crippen LogP contribution is -2.52. The number of benzene rings is 1. The van der Waals surface area contributed by atoms with Crippen LogP contribution in [0.2, 0.25) is 0 Å². The van der Waals surface area contributed by atoms with E-state index in [2.05, 4.69) is 11.2 Å². The van der Waals surface area contributed by atoms with Gasteiger partial charge >= 0.3 is 5.97 Å². The molecule has 1 saturated heterocycles. The highest BCUT2D eigenvalue weighted by atomic mass is 16.5.